The number of amides is 1. The Morgan fingerprint density at radius 2 is 1.84 bits per heavy atom. The Kier molecular flexibility index (Phi) is 6.38. The lowest BCUT2D eigenvalue weighted by Crippen LogP contribution is -2.41. The average Bonchev–Trinajstić information content (AvgIpc) is 2.84. The molecule has 0 unspecified atom stereocenters. The van der Waals surface area contributed by atoms with Gasteiger partial charge in [-0.2, -0.15) is 0 Å². The summed E-state index contributed by atoms with van der Waals surface area (Å²) in [7, 11) is -0.624. The van der Waals surface area contributed by atoms with Gasteiger partial charge < -0.3 is 19.4 Å². The first-order valence-corrected chi connectivity index (χ1v) is 10.6. The molecule has 0 aliphatic carbocycles. The zero-order valence-corrected chi connectivity index (χ0v) is 19.8. The van der Waals surface area contributed by atoms with Crippen LogP contribution in [0.1, 0.15) is 54.0 Å². The molecule has 1 N–H and O–H groups in total. The minimum Gasteiger partial charge on any atom is -0.444 e. The van der Waals surface area contributed by atoms with E-state index in [-0.39, 0.29) is 6.54 Å². The first kappa shape index (κ1) is 23.5. The SMILES string of the molecule is CC(C)(C)OC(=O)NCC(=Cc1ccc2ncc(Cl)nc2c1)B1OC(C)(C)C(C)(C)O1. The van der Waals surface area contributed by atoms with Crippen molar-refractivity contribution in [2.45, 2.75) is 65.3 Å². The van der Waals surface area contributed by atoms with Crippen LogP contribution in [0, 0.1) is 0 Å². The van der Waals surface area contributed by atoms with Gasteiger partial charge in [0.05, 0.1) is 28.4 Å². The molecule has 1 fully saturated rings. The summed E-state index contributed by atoms with van der Waals surface area (Å²) >= 11 is 5.99. The quantitative estimate of drug-likeness (QED) is 0.679. The molecule has 1 aromatic heterocycles. The lowest BCUT2D eigenvalue weighted by Gasteiger charge is -2.32. The fraction of sp³-hybridized carbons (Fsp3) is 0.500. The highest BCUT2D eigenvalue weighted by Crippen LogP contribution is 2.38. The average molecular weight is 446 g/mol. The number of carbonyl (C=O) groups is 1. The molecule has 1 amide bonds. The second-order valence-corrected chi connectivity index (χ2v) is 9.99. The lowest BCUT2D eigenvalue weighted by atomic mass is 9.77. The molecule has 1 aliphatic rings. The van der Waals surface area contributed by atoms with Crippen molar-refractivity contribution in [2.75, 3.05) is 6.54 Å². The molecule has 31 heavy (non-hydrogen) atoms. The highest BCUT2D eigenvalue weighted by Gasteiger charge is 2.52. The Morgan fingerprint density at radius 3 is 2.45 bits per heavy atom. The third-order valence-corrected chi connectivity index (χ3v) is 5.46. The van der Waals surface area contributed by atoms with Crippen LogP contribution in [0.4, 0.5) is 4.79 Å². The highest BCUT2D eigenvalue weighted by atomic mass is 35.5. The largest absolute Gasteiger partial charge is 0.492 e. The molecular weight excluding hydrogens is 417 g/mol. The van der Waals surface area contributed by atoms with Gasteiger partial charge in [-0.1, -0.05) is 23.7 Å². The summed E-state index contributed by atoms with van der Waals surface area (Å²) in [6, 6.07) is 5.67. The van der Waals surface area contributed by atoms with Crippen molar-refractivity contribution < 1.29 is 18.8 Å². The van der Waals surface area contributed by atoms with Crippen LogP contribution >= 0.6 is 11.6 Å². The van der Waals surface area contributed by atoms with E-state index in [4.69, 9.17) is 25.6 Å². The summed E-state index contributed by atoms with van der Waals surface area (Å²) in [6.07, 6.45) is 2.92. The molecule has 1 aliphatic heterocycles. The van der Waals surface area contributed by atoms with Crippen LogP contribution in [-0.2, 0) is 14.0 Å². The molecule has 7 nitrogen and oxygen atoms in total. The van der Waals surface area contributed by atoms with Crippen LogP contribution < -0.4 is 5.32 Å². The third kappa shape index (κ3) is 5.76. The molecular formula is C22H29BClN3O4. The Balaban J connectivity index is 1.91. The molecule has 0 radical (unpaired) electrons. The van der Waals surface area contributed by atoms with Gasteiger partial charge in [0, 0.05) is 6.54 Å². The van der Waals surface area contributed by atoms with Crippen LogP contribution in [0.5, 0.6) is 0 Å². The molecule has 0 atom stereocenters. The van der Waals surface area contributed by atoms with E-state index >= 15 is 0 Å². The smallest absolute Gasteiger partial charge is 0.444 e. The number of fused-ring (bicyclic) bond motifs is 1. The summed E-state index contributed by atoms with van der Waals surface area (Å²) in [6.45, 7) is 13.6. The van der Waals surface area contributed by atoms with E-state index in [0.29, 0.717) is 10.7 Å². The van der Waals surface area contributed by atoms with Crippen LogP contribution in [0.2, 0.25) is 5.15 Å². The van der Waals surface area contributed by atoms with Gasteiger partial charge in [0.1, 0.15) is 10.8 Å². The normalized spacial score (nSPS) is 18.3. The van der Waals surface area contributed by atoms with Gasteiger partial charge in [-0.3, -0.25) is 4.98 Å². The number of rotatable bonds is 4. The number of alkyl carbamates (subject to hydrolysis) is 1. The molecule has 0 saturated carbocycles. The third-order valence-electron chi connectivity index (χ3n) is 5.28. The Bertz CT molecular complexity index is 1000. The fourth-order valence-electron chi connectivity index (χ4n) is 3.00. The van der Waals surface area contributed by atoms with E-state index in [1.54, 1.807) is 0 Å². The maximum atomic E-state index is 12.2. The molecule has 1 saturated heterocycles. The standard InChI is InChI=1S/C22H29BClN3O4/c1-20(2,3)29-19(28)26-12-15(23-30-21(4,5)22(6,7)31-23)10-14-8-9-16-17(11-14)27-18(24)13-25-16/h8-11,13H,12H2,1-7H3,(H,26,28). The van der Waals surface area contributed by atoms with E-state index in [0.717, 1.165) is 16.6 Å². The highest BCUT2D eigenvalue weighted by molar-refractivity contribution is 6.56. The summed E-state index contributed by atoms with van der Waals surface area (Å²) in [4.78, 5) is 20.8. The van der Waals surface area contributed by atoms with Crippen LogP contribution in [-0.4, -0.2) is 46.5 Å². The molecule has 9 heteroatoms. The van der Waals surface area contributed by atoms with Crippen LogP contribution in [0.3, 0.4) is 0 Å². The van der Waals surface area contributed by atoms with Crippen molar-refractivity contribution in [3.8, 4) is 0 Å². The van der Waals surface area contributed by atoms with Gasteiger partial charge in [-0.25, -0.2) is 9.78 Å². The van der Waals surface area contributed by atoms with Gasteiger partial charge in [-0.05, 0) is 71.6 Å². The van der Waals surface area contributed by atoms with Gasteiger partial charge in [0.25, 0.3) is 0 Å². The Hall–Kier alpha value is -2.16. The van der Waals surface area contributed by atoms with Crippen molar-refractivity contribution >= 4 is 41.9 Å². The first-order chi connectivity index (χ1) is 14.3. The maximum absolute atomic E-state index is 12.2. The van der Waals surface area contributed by atoms with Crippen LogP contribution in [0.15, 0.2) is 29.9 Å². The number of halogens is 1. The van der Waals surface area contributed by atoms with Crippen molar-refractivity contribution in [1.82, 2.24) is 15.3 Å². The van der Waals surface area contributed by atoms with Crippen molar-refractivity contribution in [1.29, 1.82) is 0 Å². The fourth-order valence-corrected chi connectivity index (χ4v) is 3.13. The number of nitrogens with zero attached hydrogens (tertiary/aromatic N) is 2. The zero-order chi connectivity index (χ0) is 23.0. The van der Waals surface area contributed by atoms with E-state index < -0.39 is 30.0 Å². The van der Waals surface area contributed by atoms with Gasteiger partial charge in [0.2, 0.25) is 0 Å². The first-order valence-electron chi connectivity index (χ1n) is 10.2. The molecule has 1 aromatic carbocycles. The van der Waals surface area contributed by atoms with E-state index in [1.165, 1.54) is 6.20 Å². The minimum atomic E-state index is -0.624. The summed E-state index contributed by atoms with van der Waals surface area (Å²) < 4.78 is 17.8. The molecule has 0 spiro atoms. The number of hydrogen-bond acceptors (Lipinski definition) is 6. The Labute approximate surface area is 188 Å². The number of nitrogens with one attached hydrogen (secondary N) is 1. The number of benzene rings is 1. The van der Waals surface area contributed by atoms with E-state index in [1.807, 2.05) is 72.7 Å². The van der Waals surface area contributed by atoms with Gasteiger partial charge in [0.15, 0.2) is 0 Å². The molecule has 2 heterocycles. The summed E-state index contributed by atoms with van der Waals surface area (Å²) in [5.74, 6) is 0. The molecule has 2 aromatic rings. The number of aromatic nitrogens is 2. The molecule has 166 valence electrons. The Morgan fingerprint density at radius 1 is 1.19 bits per heavy atom. The van der Waals surface area contributed by atoms with E-state index in [9.17, 15) is 4.79 Å². The van der Waals surface area contributed by atoms with Gasteiger partial charge >= 0.3 is 13.2 Å². The second-order valence-electron chi connectivity index (χ2n) is 9.60. The monoisotopic (exact) mass is 445 g/mol. The predicted octanol–water partition coefficient (Wildman–Crippen LogP) is 4.82. The number of carbonyl (C=O) groups excluding carboxylic acids is 1. The predicted molar refractivity (Wildman–Crippen MR) is 123 cm³/mol. The van der Waals surface area contributed by atoms with E-state index in [2.05, 4.69) is 15.3 Å². The maximum Gasteiger partial charge on any atom is 0.492 e. The number of hydrogen-bond donors (Lipinski definition) is 1. The second kappa shape index (κ2) is 8.41. The van der Waals surface area contributed by atoms with Crippen molar-refractivity contribution in [3.63, 3.8) is 0 Å². The molecule has 3 rings (SSSR count). The van der Waals surface area contributed by atoms with Crippen molar-refractivity contribution in [3.05, 3.63) is 40.6 Å². The molecule has 0 bridgehead atoms. The topological polar surface area (TPSA) is 82.6 Å². The van der Waals surface area contributed by atoms with Gasteiger partial charge in [-0.15, -0.1) is 0 Å². The minimum absolute atomic E-state index is 0.199. The number of ether oxygens (including phenoxy) is 1. The van der Waals surface area contributed by atoms with Crippen molar-refractivity contribution in [2.24, 2.45) is 0 Å². The van der Waals surface area contributed by atoms with Crippen LogP contribution in [0.25, 0.3) is 17.1 Å². The summed E-state index contributed by atoms with van der Waals surface area (Å²) in [5, 5.41) is 3.12. The zero-order valence-electron chi connectivity index (χ0n) is 19.1. The lowest BCUT2D eigenvalue weighted by molar-refractivity contribution is 0.00578. The summed E-state index contributed by atoms with van der Waals surface area (Å²) in [5.41, 5.74) is 1.42.